The number of anilines is 1. The molecule has 0 atom stereocenters. The zero-order chi connectivity index (χ0) is 19.5. The molecule has 1 aromatic carbocycles. The molecule has 2 aromatic rings. The fourth-order valence-corrected chi connectivity index (χ4v) is 1.96. The van der Waals surface area contributed by atoms with Crippen molar-refractivity contribution in [3.8, 4) is 0 Å². The number of nitrogens with zero attached hydrogens (tertiary/aromatic N) is 1. The van der Waals surface area contributed by atoms with Gasteiger partial charge in [0.1, 0.15) is 17.2 Å². The van der Waals surface area contributed by atoms with Gasteiger partial charge in [0.15, 0.2) is 12.4 Å². The molecular formula is C15H8ClF5N2O3. The maximum Gasteiger partial charge on any atom is 0.417 e. The van der Waals surface area contributed by atoms with E-state index in [1.807, 2.05) is 5.32 Å². The van der Waals surface area contributed by atoms with Crippen LogP contribution in [0.25, 0.3) is 0 Å². The van der Waals surface area contributed by atoms with Crippen molar-refractivity contribution >= 4 is 29.3 Å². The van der Waals surface area contributed by atoms with Crippen LogP contribution >= 0.6 is 11.6 Å². The highest BCUT2D eigenvalue weighted by Gasteiger charge is 2.31. The van der Waals surface area contributed by atoms with E-state index in [4.69, 9.17) is 11.6 Å². The average molecular weight is 395 g/mol. The summed E-state index contributed by atoms with van der Waals surface area (Å²) in [5.41, 5.74) is -2.10. The number of pyridine rings is 1. The third-order valence-corrected chi connectivity index (χ3v) is 3.22. The number of carbonyl (C=O) groups excluding carboxylic acids is 2. The van der Waals surface area contributed by atoms with Crippen LogP contribution in [0.3, 0.4) is 0 Å². The molecule has 11 heteroatoms. The minimum Gasteiger partial charge on any atom is -0.452 e. The van der Waals surface area contributed by atoms with Crippen LogP contribution in [0.1, 0.15) is 15.9 Å². The molecule has 1 amide bonds. The summed E-state index contributed by atoms with van der Waals surface area (Å²) in [6.07, 6.45) is -4.22. The van der Waals surface area contributed by atoms with E-state index in [1.165, 1.54) is 0 Å². The predicted molar refractivity (Wildman–Crippen MR) is 79.5 cm³/mol. The number of halogens is 6. The molecule has 1 N–H and O–H groups in total. The van der Waals surface area contributed by atoms with Crippen LogP contribution < -0.4 is 5.32 Å². The van der Waals surface area contributed by atoms with Gasteiger partial charge in [0, 0.05) is 6.20 Å². The number of amides is 1. The summed E-state index contributed by atoms with van der Waals surface area (Å²) >= 11 is 5.60. The largest absolute Gasteiger partial charge is 0.452 e. The number of alkyl halides is 3. The van der Waals surface area contributed by atoms with Gasteiger partial charge in [0.25, 0.3) is 5.91 Å². The second kappa shape index (κ2) is 7.65. The summed E-state index contributed by atoms with van der Waals surface area (Å²) < 4.78 is 68.7. The van der Waals surface area contributed by atoms with Crippen LogP contribution in [0.5, 0.6) is 0 Å². The number of nitrogens with one attached hydrogen (secondary N) is 1. The molecule has 0 fully saturated rings. The van der Waals surface area contributed by atoms with Gasteiger partial charge in [-0.05, 0) is 18.2 Å². The zero-order valence-electron chi connectivity index (χ0n) is 12.5. The van der Waals surface area contributed by atoms with E-state index < -0.39 is 58.3 Å². The topological polar surface area (TPSA) is 68.3 Å². The fourth-order valence-electron chi connectivity index (χ4n) is 1.75. The van der Waals surface area contributed by atoms with Gasteiger partial charge in [-0.1, -0.05) is 17.7 Å². The Bertz CT molecular complexity index is 837. The van der Waals surface area contributed by atoms with E-state index in [2.05, 4.69) is 9.72 Å². The third-order valence-electron chi connectivity index (χ3n) is 2.93. The molecule has 0 saturated heterocycles. The van der Waals surface area contributed by atoms with Gasteiger partial charge in [-0.3, -0.25) is 4.79 Å². The van der Waals surface area contributed by atoms with Gasteiger partial charge < -0.3 is 10.1 Å². The fraction of sp³-hybridized carbons (Fsp3) is 0.133. The molecular weight excluding hydrogens is 387 g/mol. The molecule has 0 aliphatic carbocycles. The van der Waals surface area contributed by atoms with Crippen LogP contribution in [-0.4, -0.2) is 23.5 Å². The molecule has 0 unspecified atom stereocenters. The average Bonchev–Trinajstić information content (AvgIpc) is 2.53. The Morgan fingerprint density at radius 3 is 2.35 bits per heavy atom. The first-order valence-corrected chi connectivity index (χ1v) is 7.11. The molecule has 0 spiro atoms. The van der Waals surface area contributed by atoms with Crippen molar-refractivity contribution in [2.45, 2.75) is 6.18 Å². The smallest absolute Gasteiger partial charge is 0.417 e. The Balaban J connectivity index is 2.00. The lowest BCUT2D eigenvalue weighted by Crippen LogP contribution is -2.22. The molecule has 1 aromatic heterocycles. The second-order valence-electron chi connectivity index (χ2n) is 4.77. The maximum absolute atomic E-state index is 13.4. The first-order valence-electron chi connectivity index (χ1n) is 6.73. The molecule has 0 aliphatic heterocycles. The summed E-state index contributed by atoms with van der Waals surface area (Å²) in [6.45, 7) is -0.967. The summed E-state index contributed by atoms with van der Waals surface area (Å²) in [6, 6.07) is 3.23. The first kappa shape index (κ1) is 19.6. The Hall–Kier alpha value is -2.75. The Labute approximate surface area is 147 Å². The van der Waals surface area contributed by atoms with Crippen LogP contribution in [-0.2, 0) is 15.7 Å². The standard InChI is InChI=1S/C15H8ClF5N2O3/c16-8-4-7(15(19,20)21)5-22-13(8)23-11(24)6-26-14(25)12-9(17)2-1-3-10(12)18/h1-5H,6H2,(H,22,23,24). The van der Waals surface area contributed by atoms with Crippen molar-refractivity contribution in [2.24, 2.45) is 0 Å². The third kappa shape index (κ3) is 4.66. The van der Waals surface area contributed by atoms with E-state index in [0.29, 0.717) is 12.3 Å². The van der Waals surface area contributed by atoms with Gasteiger partial charge >= 0.3 is 12.1 Å². The molecule has 0 radical (unpaired) electrons. The van der Waals surface area contributed by atoms with E-state index in [9.17, 15) is 31.5 Å². The molecule has 0 saturated carbocycles. The summed E-state index contributed by atoms with van der Waals surface area (Å²) in [7, 11) is 0. The molecule has 0 aliphatic rings. The minimum atomic E-state index is -4.67. The number of aromatic nitrogens is 1. The number of carbonyl (C=O) groups is 2. The van der Waals surface area contributed by atoms with Crippen LogP contribution in [0.4, 0.5) is 27.8 Å². The van der Waals surface area contributed by atoms with Gasteiger partial charge in [-0.15, -0.1) is 0 Å². The summed E-state index contributed by atoms with van der Waals surface area (Å²) in [5.74, 6) is -5.21. The predicted octanol–water partition coefficient (Wildman–Crippen LogP) is 3.83. The highest BCUT2D eigenvalue weighted by Crippen LogP contribution is 2.32. The van der Waals surface area contributed by atoms with E-state index in [-0.39, 0.29) is 0 Å². The monoisotopic (exact) mass is 394 g/mol. The molecule has 0 bridgehead atoms. The number of hydrogen-bond donors (Lipinski definition) is 1. The van der Waals surface area contributed by atoms with E-state index in [0.717, 1.165) is 18.2 Å². The normalized spacial score (nSPS) is 11.2. The maximum atomic E-state index is 13.4. The van der Waals surface area contributed by atoms with Crippen molar-refractivity contribution in [1.82, 2.24) is 4.98 Å². The van der Waals surface area contributed by atoms with E-state index in [1.54, 1.807) is 0 Å². The van der Waals surface area contributed by atoms with Gasteiger partial charge in [0.05, 0.1) is 10.6 Å². The van der Waals surface area contributed by atoms with Crippen molar-refractivity contribution in [2.75, 3.05) is 11.9 Å². The van der Waals surface area contributed by atoms with E-state index >= 15 is 0 Å². The lowest BCUT2D eigenvalue weighted by molar-refractivity contribution is -0.137. The molecule has 138 valence electrons. The van der Waals surface area contributed by atoms with Crippen LogP contribution in [0.2, 0.25) is 5.02 Å². The Morgan fingerprint density at radius 2 is 1.81 bits per heavy atom. The van der Waals surface area contributed by atoms with Crippen molar-refractivity contribution in [1.29, 1.82) is 0 Å². The van der Waals surface area contributed by atoms with Crippen molar-refractivity contribution < 1.29 is 36.3 Å². The molecule has 5 nitrogen and oxygen atoms in total. The van der Waals surface area contributed by atoms with Gasteiger partial charge in [0.2, 0.25) is 0 Å². The highest BCUT2D eigenvalue weighted by molar-refractivity contribution is 6.33. The van der Waals surface area contributed by atoms with Crippen molar-refractivity contribution in [3.05, 3.63) is 58.2 Å². The quantitative estimate of drug-likeness (QED) is 0.632. The van der Waals surface area contributed by atoms with Crippen LogP contribution in [0.15, 0.2) is 30.5 Å². The van der Waals surface area contributed by atoms with Gasteiger partial charge in [-0.25, -0.2) is 18.6 Å². The zero-order valence-corrected chi connectivity index (χ0v) is 13.3. The van der Waals surface area contributed by atoms with Gasteiger partial charge in [-0.2, -0.15) is 13.2 Å². The molecule has 26 heavy (non-hydrogen) atoms. The number of esters is 1. The Morgan fingerprint density at radius 1 is 1.19 bits per heavy atom. The lowest BCUT2D eigenvalue weighted by atomic mass is 10.2. The Kier molecular flexibility index (Phi) is 5.76. The number of rotatable bonds is 4. The summed E-state index contributed by atoms with van der Waals surface area (Å²) in [4.78, 5) is 26.6. The van der Waals surface area contributed by atoms with Crippen LogP contribution in [0, 0.1) is 11.6 Å². The number of benzene rings is 1. The minimum absolute atomic E-state index is 0.405. The van der Waals surface area contributed by atoms with Crippen molar-refractivity contribution in [3.63, 3.8) is 0 Å². The molecule has 2 rings (SSSR count). The molecule has 1 heterocycles. The first-order chi connectivity index (χ1) is 12.1. The second-order valence-corrected chi connectivity index (χ2v) is 5.18. The summed E-state index contributed by atoms with van der Waals surface area (Å²) in [5, 5.41) is 1.51. The SMILES string of the molecule is O=C(COC(=O)c1c(F)cccc1F)Nc1ncc(C(F)(F)F)cc1Cl. The number of ether oxygens (including phenoxy) is 1. The highest BCUT2D eigenvalue weighted by atomic mass is 35.5. The number of hydrogen-bond acceptors (Lipinski definition) is 4. The lowest BCUT2D eigenvalue weighted by Gasteiger charge is -2.10.